The maximum Gasteiger partial charge on any atom is 0.322 e. The van der Waals surface area contributed by atoms with E-state index in [0.29, 0.717) is 31.0 Å². The molecule has 3 rings (SSSR count). The number of fused-ring (bicyclic) bond motifs is 1. The molecule has 6 nitrogen and oxygen atoms in total. The third-order valence-corrected chi connectivity index (χ3v) is 5.12. The maximum absolute atomic E-state index is 12.7. The largest absolute Gasteiger partial charge is 0.495 e. The molecule has 6 heteroatoms. The molecule has 2 atom stereocenters. The summed E-state index contributed by atoms with van der Waals surface area (Å²) in [7, 11) is 1.62. The molecular formula is C19H29N3O3. The van der Waals surface area contributed by atoms with E-state index in [1.165, 1.54) is 0 Å². The molecule has 0 aromatic heterocycles. The number of carbonyl (C=O) groups excluding carboxylic acids is 1. The Morgan fingerprint density at radius 2 is 2.20 bits per heavy atom. The minimum atomic E-state index is -0.0684. The standard InChI is InChI=1S/C19H29N3O3/c1-4-5-15-12-25-13-16-11-21(8-9-22(15)16)19(23)20-17-10-14(2)6-7-18(17)24-3/h6-7,10,15-16H,4-5,8-9,11-13H2,1-3H3,(H,20,23)/t15-,16+/m0/s1. The number of urea groups is 1. The van der Waals surface area contributed by atoms with Crippen molar-refractivity contribution in [1.29, 1.82) is 0 Å². The number of amides is 2. The minimum absolute atomic E-state index is 0.0684. The summed E-state index contributed by atoms with van der Waals surface area (Å²) in [6.07, 6.45) is 2.32. The number of morpholine rings is 1. The third-order valence-electron chi connectivity index (χ3n) is 5.12. The summed E-state index contributed by atoms with van der Waals surface area (Å²) in [5.74, 6) is 0.682. The first-order chi connectivity index (χ1) is 12.1. The van der Waals surface area contributed by atoms with E-state index in [1.54, 1.807) is 7.11 Å². The van der Waals surface area contributed by atoms with Crippen molar-refractivity contribution in [2.75, 3.05) is 45.3 Å². The normalized spacial score (nSPS) is 23.9. The van der Waals surface area contributed by atoms with Crippen molar-refractivity contribution >= 4 is 11.7 Å². The highest BCUT2D eigenvalue weighted by Crippen LogP contribution is 2.26. The van der Waals surface area contributed by atoms with Crippen LogP contribution in [0.1, 0.15) is 25.3 Å². The van der Waals surface area contributed by atoms with Gasteiger partial charge in [-0.05, 0) is 31.0 Å². The Kier molecular flexibility index (Phi) is 5.81. The van der Waals surface area contributed by atoms with E-state index in [1.807, 2.05) is 30.0 Å². The summed E-state index contributed by atoms with van der Waals surface area (Å²) in [5.41, 5.74) is 1.81. The van der Waals surface area contributed by atoms with Crippen LogP contribution in [-0.2, 0) is 4.74 Å². The molecule has 1 aromatic rings. The van der Waals surface area contributed by atoms with Crippen LogP contribution in [0.25, 0.3) is 0 Å². The van der Waals surface area contributed by atoms with Gasteiger partial charge in [-0.3, -0.25) is 4.90 Å². The van der Waals surface area contributed by atoms with Crippen molar-refractivity contribution in [1.82, 2.24) is 9.80 Å². The van der Waals surface area contributed by atoms with Crippen molar-refractivity contribution in [2.45, 2.75) is 38.8 Å². The molecule has 0 saturated carbocycles. The Bertz CT molecular complexity index is 606. The first kappa shape index (κ1) is 18.0. The number of aryl methyl sites for hydroxylation is 1. The van der Waals surface area contributed by atoms with Crippen molar-refractivity contribution in [3.8, 4) is 5.75 Å². The van der Waals surface area contributed by atoms with Gasteiger partial charge in [0.05, 0.1) is 32.1 Å². The number of hydrogen-bond acceptors (Lipinski definition) is 4. The minimum Gasteiger partial charge on any atom is -0.495 e. The number of nitrogens with zero attached hydrogens (tertiary/aromatic N) is 2. The lowest BCUT2D eigenvalue weighted by atomic mass is 10.0. The molecule has 25 heavy (non-hydrogen) atoms. The van der Waals surface area contributed by atoms with Gasteiger partial charge in [0, 0.05) is 25.7 Å². The van der Waals surface area contributed by atoms with Gasteiger partial charge in [-0.25, -0.2) is 4.79 Å². The van der Waals surface area contributed by atoms with Gasteiger partial charge < -0.3 is 19.7 Å². The highest BCUT2D eigenvalue weighted by Gasteiger charge is 2.36. The molecule has 2 aliphatic heterocycles. The van der Waals surface area contributed by atoms with Gasteiger partial charge >= 0.3 is 6.03 Å². The monoisotopic (exact) mass is 347 g/mol. The van der Waals surface area contributed by atoms with Crippen LogP contribution < -0.4 is 10.1 Å². The average Bonchev–Trinajstić information content (AvgIpc) is 2.62. The fourth-order valence-corrected chi connectivity index (χ4v) is 3.81. The van der Waals surface area contributed by atoms with Gasteiger partial charge in [-0.2, -0.15) is 0 Å². The number of hydrogen-bond donors (Lipinski definition) is 1. The van der Waals surface area contributed by atoms with E-state index in [-0.39, 0.29) is 6.03 Å². The van der Waals surface area contributed by atoms with E-state index in [2.05, 4.69) is 17.1 Å². The molecule has 2 fully saturated rings. The Morgan fingerprint density at radius 3 is 2.96 bits per heavy atom. The summed E-state index contributed by atoms with van der Waals surface area (Å²) in [6, 6.07) is 6.51. The highest BCUT2D eigenvalue weighted by atomic mass is 16.5. The lowest BCUT2D eigenvalue weighted by Gasteiger charge is -2.47. The zero-order chi connectivity index (χ0) is 17.8. The molecule has 0 radical (unpaired) electrons. The van der Waals surface area contributed by atoms with Gasteiger partial charge in [0.2, 0.25) is 0 Å². The average molecular weight is 347 g/mol. The number of methoxy groups -OCH3 is 1. The smallest absolute Gasteiger partial charge is 0.322 e. The molecular weight excluding hydrogens is 318 g/mol. The van der Waals surface area contributed by atoms with Crippen LogP contribution in [-0.4, -0.2) is 67.9 Å². The van der Waals surface area contributed by atoms with Gasteiger partial charge in [-0.1, -0.05) is 19.4 Å². The lowest BCUT2D eigenvalue weighted by molar-refractivity contribution is -0.0755. The fourth-order valence-electron chi connectivity index (χ4n) is 3.81. The number of piperazine rings is 1. The summed E-state index contributed by atoms with van der Waals surface area (Å²) < 4.78 is 11.1. The van der Waals surface area contributed by atoms with Crippen LogP contribution in [0.4, 0.5) is 10.5 Å². The van der Waals surface area contributed by atoms with Crippen molar-refractivity contribution in [2.24, 2.45) is 0 Å². The summed E-state index contributed by atoms with van der Waals surface area (Å²) >= 11 is 0. The number of nitrogens with one attached hydrogen (secondary N) is 1. The van der Waals surface area contributed by atoms with Crippen LogP contribution in [0.2, 0.25) is 0 Å². The Morgan fingerprint density at radius 1 is 1.36 bits per heavy atom. The van der Waals surface area contributed by atoms with Crippen LogP contribution >= 0.6 is 0 Å². The summed E-state index contributed by atoms with van der Waals surface area (Å²) in [5, 5.41) is 3.01. The molecule has 2 aliphatic rings. The third kappa shape index (κ3) is 4.07. The molecule has 2 amide bonds. The zero-order valence-electron chi connectivity index (χ0n) is 15.5. The topological polar surface area (TPSA) is 54.0 Å². The molecule has 2 saturated heterocycles. The molecule has 138 valence electrons. The summed E-state index contributed by atoms with van der Waals surface area (Å²) in [6.45, 7) is 8.10. The molecule has 2 heterocycles. The number of carbonyl (C=O) groups is 1. The number of ether oxygens (including phenoxy) is 2. The Balaban J connectivity index is 1.64. The van der Waals surface area contributed by atoms with E-state index >= 15 is 0 Å². The van der Waals surface area contributed by atoms with Gasteiger partial charge in [0.25, 0.3) is 0 Å². The number of anilines is 1. The van der Waals surface area contributed by atoms with Crippen molar-refractivity contribution in [3.63, 3.8) is 0 Å². The van der Waals surface area contributed by atoms with E-state index in [9.17, 15) is 4.79 Å². The first-order valence-electron chi connectivity index (χ1n) is 9.16. The SMILES string of the molecule is CCC[C@H]1COC[C@H]2CN(C(=O)Nc3cc(C)ccc3OC)CCN12. The molecule has 1 aromatic carbocycles. The second kappa shape index (κ2) is 8.06. The van der Waals surface area contributed by atoms with E-state index in [4.69, 9.17) is 9.47 Å². The van der Waals surface area contributed by atoms with Crippen molar-refractivity contribution < 1.29 is 14.3 Å². The molecule has 0 unspecified atom stereocenters. The second-order valence-corrected chi connectivity index (χ2v) is 6.95. The first-order valence-corrected chi connectivity index (χ1v) is 9.16. The van der Waals surface area contributed by atoms with Crippen LogP contribution in [0.15, 0.2) is 18.2 Å². The van der Waals surface area contributed by atoms with E-state index in [0.717, 1.165) is 43.8 Å². The zero-order valence-corrected chi connectivity index (χ0v) is 15.5. The highest BCUT2D eigenvalue weighted by molar-refractivity contribution is 5.91. The van der Waals surface area contributed by atoms with Crippen LogP contribution in [0, 0.1) is 6.92 Å². The Hall–Kier alpha value is -1.79. The van der Waals surface area contributed by atoms with Crippen LogP contribution in [0.3, 0.4) is 0 Å². The van der Waals surface area contributed by atoms with E-state index < -0.39 is 0 Å². The van der Waals surface area contributed by atoms with Gasteiger partial charge in [0.15, 0.2) is 0 Å². The molecule has 1 N–H and O–H groups in total. The molecule has 0 spiro atoms. The fraction of sp³-hybridized carbons (Fsp3) is 0.632. The van der Waals surface area contributed by atoms with Gasteiger partial charge in [-0.15, -0.1) is 0 Å². The quantitative estimate of drug-likeness (QED) is 0.910. The number of rotatable bonds is 4. The second-order valence-electron chi connectivity index (χ2n) is 6.95. The predicted octanol–water partition coefficient (Wildman–Crippen LogP) is 2.72. The Labute approximate surface area is 150 Å². The lowest BCUT2D eigenvalue weighted by Crippen LogP contribution is -2.63. The molecule has 0 bridgehead atoms. The number of benzene rings is 1. The van der Waals surface area contributed by atoms with Gasteiger partial charge in [0.1, 0.15) is 5.75 Å². The summed E-state index contributed by atoms with van der Waals surface area (Å²) in [4.78, 5) is 17.1. The van der Waals surface area contributed by atoms with Crippen molar-refractivity contribution in [3.05, 3.63) is 23.8 Å². The predicted molar refractivity (Wildman–Crippen MR) is 98.3 cm³/mol. The maximum atomic E-state index is 12.7. The molecule has 0 aliphatic carbocycles. The van der Waals surface area contributed by atoms with Crippen LogP contribution in [0.5, 0.6) is 5.75 Å².